The Balaban J connectivity index is 1.54. The van der Waals surface area contributed by atoms with Gasteiger partial charge in [-0.05, 0) is 31.2 Å². The Kier molecular flexibility index (Phi) is 4.19. The average Bonchev–Trinajstić information content (AvgIpc) is 3.19. The molecule has 0 bridgehead atoms. The molecule has 0 N–H and O–H groups in total. The van der Waals surface area contributed by atoms with E-state index < -0.39 is 0 Å². The van der Waals surface area contributed by atoms with E-state index in [4.69, 9.17) is 0 Å². The number of benzene rings is 2. The summed E-state index contributed by atoms with van der Waals surface area (Å²) in [4.78, 5) is 32.5. The minimum Gasteiger partial charge on any atom is -0.335 e. The van der Waals surface area contributed by atoms with Crippen LogP contribution in [0.4, 0.5) is 0 Å². The van der Waals surface area contributed by atoms with E-state index in [0.717, 1.165) is 29.7 Å². The van der Waals surface area contributed by atoms with Crippen LogP contribution >= 0.6 is 0 Å². The van der Waals surface area contributed by atoms with E-state index in [0.29, 0.717) is 23.9 Å². The molecule has 1 aliphatic rings. The highest BCUT2D eigenvalue weighted by atomic mass is 16.2. The van der Waals surface area contributed by atoms with Crippen LogP contribution in [0, 0.1) is 0 Å². The van der Waals surface area contributed by atoms with Crippen LogP contribution in [0.25, 0.3) is 21.8 Å². The number of imidazole rings is 1. The van der Waals surface area contributed by atoms with E-state index in [1.165, 1.54) is 5.69 Å². The van der Waals surface area contributed by atoms with E-state index in [2.05, 4.69) is 16.5 Å². The fraction of sp³-hybridized carbons (Fsp3) is 0.261. The number of carbonyl (C=O) groups excluding carboxylic acids is 1. The van der Waals surface area contributed by atoms with E-state index in [-0.39, 0.29) is 17.9 Å². The molecule has 0 saturated carbocycles. The van der Waals surface area contributed by atoms with Crippen LogP contribution in [0.5, 0.6) is 0 Å². The van der Waals surface area contributed by atoms with Gasteiger partial charge in [0, 0.05) is 36.0 Å². The molecular formula is C23H22N4O2. The van der Waals surface area contributed by atoms with Gasteiger partial charge in [-0.1, -0.05) is 24.3 Å². The Morgan fingerprint density at radius 2 is 1.69 bits per heavy atom. The van der Waals surface area contributed by atoms with Crippen LogP contribution in [-0.4, -0.2) is 31.5 Å². The summed E-state index contributed by atoms with van der Waals surface area (Å²) in [5.41, 5.74) is 3.81. The number of aryl methyl sites for hydroxylation is 1. The molecule has 0 atom stereocenters. The van der Waals surface area contributed by atoms with Crippen molar-refractivity contribution in [1.82, 2.24) is 19.0 Å². The van der Waals surface area contributed by atoms with Crippen molar-refractivity contribution in [2.45, 2.75) is 33.0 Å². The van der Waals surface area contributed by atoms with Gasteiger partial charge in [-0.15, -0.1) is 0 Å². The highest BCUT2D eigenvalue weighted by molar-refractivity contribution is 5.94. The van der Waals surface area contributed by atoms with Crippen LogP contribution in [0.1, 0.15) is 18.3 Å². The fourth-order valence-corrected chi connectivity index (χ4v) is 4.34. The van der Waals surface area contributed by atoms with Crippen LogP contribution in [0.3, 0.4) is 0 Å². The van der Waals surface area contributed by atoms with Crippen molar-refractivity contribution in [3.8, 4) is 0 Å². The quantitative estimate of drug-likeness (QED) is 0.509. The van der Waals surface area contributed by atoms with Gasteiger partial charge in [0.15, 0.2) is 5.43 Å². The zero-order valence-electron chi connectivity index (χ0n) is 16.3. The molecule has 5 rings (SSSR count). The number of nitrogens with zero attached hydrogens (tertiary/aromatic N) is 4. The van der Waals surface area contributed by atoms with E-state index in [1.54, 1.807) is 0 Å². The number of rotatable bonds is 3. The second-order valence-electron chi connectivity index (χ2n) is 7.44. The lowest BCUT2D eigenvalue weighted by molar-refractivity contribution is -0.132. The molecule has 0 fully saturated rings. The molecule has 0 radical (unpaired) electrons. The lowest BCUT2D eigenvalue weighted by Gasteiger charge is -2.28. The summed E-state index contributed by atoms with van der Waals surface area (Å²) in [6.07, 6.45) is 2.68. The SMILES string of the molecule is CCn1cnc2c1CCN(C(=O)Cn1c3ccccc3c(=O)c3ccccc31)C2. The highest BCUT2D eigenvalue weighted by Gasteiger charge is 2.25. The summed E-state index contributed by atoms with van der Waals surface area (Å²) in [5, 5.41) is 1.28. The second kappa shape index (κ2) is 6.88. The average molecular weight is 386 g/mol. The zero-order valence-corrected chi connectivity index (χ0v) is 16.3. The largest absolute Gasteiger partial charge is 0.335 e. The zero-order chi connectivity index (χ0) is 20.0. The third-order valence-corrected chi connectivity index (χ3v) is 5.86. The Bertz CT molecular complexity index is 1240. The predicted octanol–water partition coefficient (Wildman–Crippen LogP) is 2.96. The van der Waals surface area contributed by atoms with Crippen LogP contribution in [-0.2, 0) is 30.8 Å². The minimum absolute atomic E-state index is 0.00705. The first-order valence-electron chi connectivity index (χ1n) is 9.98. The summed E-state index contributed by atoms with van der Waals surface area (Å²) in [6.45, 7) is 4.42. The van der Waals surface area contributed by atoms with E-state index >= 15 is 0 Å². The second-order valence-corrected chi connectivity index (χ2v) is 7.44. The molecule has 6 nitrogen and oxygen atoms in total. The monoisotopic (exact) mass is 386 g/mol. The van der Waals surface area contributed by atoms with Gasteiger partial charge in [0.1, 0.15) is 6.54 Å². The summed E-state index contributed by atoms with van der Waals surface area (Å²) >= 11 is 0. The van der Waals surface area contributed by atoms with Gasteiger partial charge in [0.25, 0.3) is 0 Å². The van der Waals surface area contributed by atoms with E-state index in [1.807, 2.05) is 64.3 Å². The predicted molar refractivity (Wildman–Crippen MR) is 113 cm³/mol. The summed E-state index contributed by atoms with van der Waals surface area (Å²) in [6, 6.07) is 15.0. The summed E-state index contributed by atoms with van der Waals surface area (Å²) < 4.78 is 4.12. The number of hydrogen-bond donors (Lipinski definition) is 0. The number of aromatic nitrogens is 3. The standard InChI is InChI=1S/C23H22N4O2/c1-2-25-15-24-18-13-26(12-11-21(18)25)22(28)14-27-19-9-5-3-7-16(19)23(29)17-8-4-6-10-20(17)27/h3-10,15H,2,11-14H2,1H3. The van der Waals surface area contributed by atoms with Gasteiger partial charge in [-0.25, -0.2) is 4.98 Å². The topological polar surface area (TPSA) is 60.1 Å². The van der Waals surface area contributed by atoms with Gasteiger partial charge in [0.2, 0.25) is 5.91 Å². The van der Waals surface area contributed by atoms with Gasteiger partial charge < -0.3 is 14.0 Å². The fourth-order valence-electron chi connectivity index (χ4n) is 4.34. The van der Waals surface area contributed by atoms with Gasteiger partial charge in [-0.3, -0.25) is 9.59 Å². The maximum Gasteiger partial charge on any atom is 0.242 e. The molecule has 1 aliphatic heterocycles. The normalized spacial score (nSPS) is 13.8. The van der Waals surface area contributed by atoms with Crippen molar-refractivity contribution in [2.24, 2.45) is 0 Å². The molecular weight excluding hydrogens is 364 g/mol. The summed E-state index contributed by atoms with van der Waals surface area (Å²) in [5.74, 6) is 0.0423. The molecule has 0 aliphatic carbocycles. The molecule has 2 aromatic carbocycles. The Morgan fingerprint density at radius 1 is 1.03 bits per heavy atom. The van der Waals surface area contributed by atoms with Gasteiger partial charge >= 0.3 is 0 Å². The molecule has 0 saturated heterocycles. The Labute approximate surface area is 168 Å². The minimum atomic E-state index is 0.00705. The van der Waals surface area contributed by atoms with Gasteiger partial charge in [-0.2, -0.15) is 0 Å². The van der Waals surface area contributed by atoms with Crippen molar-refractivity contribution in [1.29, 1.82) is 0 Å². The molecule has 146 valence electrons. The van der Waals surface area contributed by atoms with Crippen LogP contribution in [0.2, 0.25) is 0 Å². The number of amides is 1. The third-order valence-electron chi connectivity index (χ3n) is 5.86. The lowest BCUT2D eigenvalue weighted by atomic mass is 10.1. The molecule has 0 spiro atoms. The van der Waals surface area contributed by atoms with Crippen molar-refractivity contribution >= 4 is 27.7 Å². The third kappa shape index (κ3) is 2.83. The van der Waals surface area contributed by atoms with Crippen LogP contribution in [0.15, 0.2) is 59.7 Å². The number of carbonyl (C=O) groups is 1. The van der Waals surface area contributed by atoms with Crippen molar-refractivity contribution in [3.63, 3.8) is 0 Å². The molecule has 6 heteroatoms. The van der Waals surface area contributed by atoms with Crippen LogP contribution < -0.4 is 5.43 Å². The molecule has 3 heterocycles. The first kappa shape index (κ1) is 17.7. The molecule has 4 aromatic rings. The first-order valence-corrected chi connectivity index (χ1v) is 9.98. The molecule has 29 heavy (non-hydrogen) atoms. The maximum atomic E-state index is 13.2. The van der Waals surface area contributed by atoms with Crippen molar-refractivity contribution < 1.29 is 4.79 Å². The molecule has 0 unspecified atom stereocenters. The smallest absolute Gasteiger partial charge is 0.242 e. The molecule has 1 amide bonds. The van der Waals surface area contributed by atoms with Gasteiger partial charge in [0.05, 0.1) is 29.6 Å². The number of pyridine rings is 1. The first-order chi connectivity index (χ1) is 14.2. The van der Waals surface area contributed by atoms with Crippen molar-refractivity contribution in [2.75, 3.05) is 6.54 Å². The Hall–Kier alpha value is -3.41. The highest BCUT2D eigenvalue weighted by Crippen LogP contribution is 2.21. The van der Waals surface area contributed by atoms with Crippen molar-refractivity contribution in [3.05, 3.63) is 76.5 Å². The lowest BCUT2D eigenvalue weighted by Crippen LogP contribution is -2.38. The van der Waals surface area contributed by atoms with E-state index in [9.17, 15) is 9.59 Å². The Morgan fingerprint density at radius 3 is 2.34 bits per heavy atom. The number of para-hydroxylation sites is 2. The molecule has 2 aromatic heterocycles. The number of hydrogen-bond acceptors (Lipinski definition) is 3. The number of fused-ring (bicyclic) bond motifs is 3. The summed E-state index contributed by atoms with van der Waals surface area (Å²) in [7, 11) is 0. The maximum absolute atomic E-state index is 13.2.